The van der Waals surface area contributed by atoms with Gasteiger partial charge in [-0.1, -0.05) is 6.92 Å². The fourth-order valence-electron chi connectivity index (χ4n) is 2.91. The van der Waals surface area contributed by atoms with E-state index in [1.54, 1.807) is 11.3 Å². The lowest BCUT2D eigenvalue weighted by atomic mass is 9.83. The van der Waals surface area contributed by atoms with Gasteiger partial charge in [-0.3, -0.25) is 4.79 Å². The molecule has 2 N–H and O–H groups in total. The summed E-state index contributed by atoms with van der Waals surface area (Å²) in [6, 6.07) is 2.29. The largest absolute Gasteiger partial charge is 0.349 e. The van der Waals surface area contributed by atoms with Crippen LogP contribution in [0.4, 0.5) is 0 Å². The lowest BCUT2D eigenvalue weighted by Gasteiger charge is -2.27. The highest BCUT2D eigenvalue weighted by atomic mass is 32.1. The molecule has 3 nitrogen and oxygen atoms in total. The Morgan fingerprint density at radius 2 is 2.32 bits per heavy atom. The van der Waals surface area contributed by atoms with E-state index >= 15 is 0 Å². The van der Waals surface area contributed by atoms with Gasteiger partial charge in [-0.05, 0) is 51.8 Å². The molecule has 1 aromatic rings. The summed E-state index contributed by atoms with van der Waals surface area (Å²) in [7, 11) is 0. The van der Waals surface area contributed by atoms with Gasteiger partial charge in [0.25, 0.3) is 0 Å². The first-order valence-electron chi connectivity index (χ1n) is 7.07. The van der Waals surface area contributed by atoms with Gasteiger partial charge in [0.1, 0.15) is 0 Å². The second kappa shape index (κ2) is 5.63. The molecular weight excluding hydrogens is 256 g/mol. The van der Waals surface area contributed by atoms with Gasteiger partial charge in [0.05, 0.1) is 11.5 Å². The van der Waals surface area contributed by atoms with Crippen molar-refractivity contribution in [3.05, 3.63) is 21.4 Å². The van der Waals surface area contributed by atoms with Gasteiger partial charge in [-0.2, -0.15) is 0 Å². The van der Waals surface area contributed by atoms with E-state index in [2.05, 4.69) is 44.4 Å². The van der Waals surface area contributed by atoms with Crippen LogP contribution in [0.15, 0.2) is 6.07 Å². The summed E-state index contributed by atoms with van der Waals surface area (Å²) in [6.07, 6.45) is 1.85. The summed E-state index contributed by atoms with van der Waals surface area (Å²) in [5.41, 5.74) is 1.06. The SMILES string of the molecule is CCC1(C(=O)NC(C)c2cc(C)sc2C)CCNC1. The molecular formula is C15H24N2OS. The zero-order valence-corrected chi connectivity index (χ0v) is 13.1. The molecule has 2 heterocycles. The van der Waals surface area contributed by atoms with Gasteiger partial charge in [0.15, 0.2) is 0 Å². The normalized spacial score (nSPS) is 24.4. The first kappa shape index (κ1) is 14.5. The van der Waals surface area contributed by atoms with Crippen LogP contribution in [0.25, 0.3) is 0 Å². The van der Waals surface area contributed by atoms with E-state index in [0.29, 0.717) is 0 Å². The molecule has 106 valence electrons. The maximum Gasteiger partial charge on any atom is 0.228 e. The molecule has 0 bridgehead atoms. The van der Waals surface area contributed by atoms with Crippen molar-refractivity contribution in [1.82, 2.24) is 10.6 Å². The topological polar surface area (TPSA) is 41.1 Å². The molecule has 0 radical (unpaired) electrons. The Morgan fingerprint density at radius 3 is 2.79 bits per heavy atom. The molecule has 0 spiro atoms. The molecule has 1 amide bonds. The van der Waals surface area contributed by atoms with E-state index in [9.17, 15) is 4.79 Å². The highest BCUT2D eigenvalue weighted by Gasteiger charge is 2.39. The fraction of sp³-hybridized carbons (Fsp3) is 0.667. The van der Waals surface area contributed by atoms with E-state index in [0.717, 1.165) is 25.9 Å². The standard InChI is InChI=1S/C15H24N2OS/c1-5-15(6-7-16-9-15)14(18)17-11(3)13-8-10(2)19-12(13)4/h8,11,16H,5-7,9H2,1-4H3,(H,17,18). The highest BCUT2D eigenvalue weighted by Crippen LogP contribution is 2.32. The molecule has 4 heteroatoms. The Bertz CT molecular complexity index is 461. The number of thiophene rings is 1. The third-order valence-electron chi connectivity index (χ3n) is 4.30. The van der Waals surface area contributed by atoms with Crippen LogP contribution in [0.3, 0.4) is 0 Å². The number of amides is 1. The van der Waals surface area contributed by atoms with Crippen molar-refractivity contribution in [1.29, 1.82) is 0 Å². The number of aryl methyl sites for hydroxylation is 2. The minimum atomic E-state index is -0.201. The van der Waals surface area contributed by atoms with Crippen molar-refractivity contribution in [2.75, 3.05) is 13.1 Å². The number of nitrogens with one attached hydrogen (secondary N) is 2. The number of rotatable bonds is 4. The molecule has 1 aliphatic rings. The molecule has 0 saturated carbocycles. The molecule has 2 unspecified atom stereocenters. The quantitative estimate of drug-likeness (QED) is 0.890. The van der Waals surface area contributed by atoms with Crippen LogP contribution in [0.2, 0.25) is 0 Å². The maximum atomic E-state index is 12.6. The monoisotopic (exact) mass is 280 g/mol. The number of hydrogen-bond acceptors (Lipinski definition) is 3. The molecule has 19 heavy (non-hydrogen) atoms. The average molecular weight is 280 g/mol. The Kier molecular flexibility index (Phi) is 4.31. The Labute approximate surface area is 119 Å². The third kappa shape index (κ3) is 2.84. The van der Waals surface area contributed by atoms with Crippen molar-refractivity contribution in [3.63, 3.8) is 0 Å². The van der Waals surface area contributed by atoms with Crippen molar-refractivity contribution in [2.24, 2.45) is 5.41 Å². The van der Waals surface area contributed by atoms with Crippen LogP contribution < -0.4 is 10.6 Å². The van der Waals surface area contributed by atoms with Gasteiger partial charge in [-0.25, -0.2) is 0 Å². The van der Waals surface area contributed by atoms with Gasteiger partial charge in [0.2, 0.25) is 5.91 Å². The van der Waals surface area contributed by atoms with E-state index in [1.165, 1.54) is 15.3 Å². The van der Waals surface area contributed by atoms with Crippen molar-refractivity contribution in [2.45, 2.75) is 46.6 Å². The molecule has 2 rings (SSSR count). The Hall–Kier alpha value is -0.870. The van der Waals surface area contributed by atoms with Gasteiger partial charge in [-0.15, -0.1) is 11.3 Å². The summed E-state index contributed by atoms with van der Waals surface area (Å²) >= 11 is 1.80. The summed E-state index contributed by atoms with van der Waals surface area (Å²) in [5, 5.41) is 6.53. The smallest absolute Gasteiger partial charge is 0.228 e. The molecule has 1 aromatic heterocycles. The lowest BCUT2D eigenvalue weighted by molar-refractivity contribution is -0.131. The zero-order chi connectivity index (χ0) is 14.0. The van der Waals surface area contributed by atoms with Crippen molar-refractivity contribution < 1.29 is 4.79 Å². The minimum Gasteiger partial charge on any atom is -0.349 e. The van der Waals surface area contributed by atoms with Gasteiger partial charge < -0.3 is 10.6 Å². The van der Waals surface area contributed by atoms with E-state index in [1.807, 2.05) is 0 Å². The molecule has 1 fully saturated rings. The van der Waals surface area contributed by atoms with Gasteiger partial charge in [0, 0.05) is 16.3 Å². The second-order valence-corrected chi connectivity index (χ2v) is 7.08. The first-order chi connectivity index (χ1) is 8.98. The number of carbonyl (C=O) groups is 1. The van der Waals surface area contributed by atoms with E-state index < -0.39 is 0 Å². The van der Waals surface area contributed by atoms with E-state index in [4.69, 9.17) is 0 Å². The molecule has 2 atom stereocenters. The predicted molar refractivity (Wildman–Crippen MR) is 80.6 cm³/mol. The minimum absolute atomic E-state index is 0.0986. The molecule has 0 aliphatic carbocycles. The second-order valence-electron chi connectivity index (χ2n) is 5.62. The van der Waals surface area contributed by atoms with E-state index in [-0.39, 0.29) is 17.4 Å². The van der Waals surface area contributed by atoms with Crippen molar-refractivity contribution >= 4 is 17.2 Å². The van der Waals surface area contributed by atoms with Crippen LogP contribution in [-0.4, -0.2) is 19.0 Å². The maximum absolute atomic E-state index is 12.6. The average Bonchev–Trinajstić information content (AvgIpc) is 2.96. The van der Waals surface area contributed by atoms with Gasteiger partial charge >= 0.3 is 0 Å². The fourth-order valence-corrected chi connectivity index (χ4v) is 3.93. The van der Waals surface area contributed by atoms with Crippen LogP contribution in [0, 0.1) is 19.3 Å². The van der Waals surface area contributed by atoms with Crippen LogP contribution in [0.5, 0.6) is 0 Å². The lowest BCUT2D eigenvalue weighted by Crippen LogP contribution is -2.43. The number of hydrogen-bond donors (Lipinski definition) is 2. The first-order valence-corrected chi connectivity index (χ1v) is 7.89. The predicted octanol–water partition coefficient (Wildman–Crippen LogP) is 2.93. The third-order valence-corrected chi connectivity index (χ3v) is 5.28. The van der Waals surface area contributed by atoms with Crippen LogP contribution in [0.1, 0.15) is 48.0 Å². The summed E-state index contributed by atoms with van der Waals surface area (Å²) < 4.78 is 0. The van der Waals surface area contributed by atoms with Crippen LogP contribution in [-0.2, 0) is 4.79 Å². The Morgan fingerprint density at radius 1 is 1.58 bits per heavy atom. The van der Waals surface area contributed by atoms with Crippen molar-refractivity contribution in [3.8, 4) is 0 Å². The zero-order valence-electron chi connectivity index (χ0n) is 12.3. The molecule has 1 aliphatic heterocycles. The van der Waals surface area contributed by atoms with Crippen LogP contribution >= 0.6 is 11.3 Å². The summed E-state index contributed by atoms with van der Waals surface area (Å²) in [5.74, 6) is 0.204. The number of carbonyl (C=O) groups excluding carboxylic acids is 1. The molecule has 0 aromatic carbocycles. The Balaban J connectivity index is 2.08. The molecule has 1 saturated heterocycles. The summed E-state index contributed by atoms with van der Waals surface area (Å²) in [4.78, 5) is 15.2. The summed E-state index contributed by atoms with van der Waals surface area (Å²) in [6.45, 7) is 10.2. The highest BCUT2D eigenvalue weighted by molar-refractivity contribution is 7.12.